The van der Waals surface area contributed by atoms with Crippen molar-refractivity contribution >= 4 is 0 Å². The van der Waals surface area contributed by atoms with Gasteiger partial charge in [-0.15, -0.1) is 0 Å². The average molecular weight is 243 g/mol. The number of rotatable bonds is 9. The van der Waals surface area contributed by atoms with E-state index in [1.165, 1.54) is 12.8 Å². The fraction of sp³-hybridized carbons (Fsp3) is 1.00. The molecule has 0 aliphatic rings. The summed E-state index contributed by atoms with van der Waals surface area (Å²) in [5, 5.41) is 3.51. The van der Waals surface area contributed by atoms with Crippen LogP contribution in [0.25, 0.3) is 0 Å². The Hall–Kier alpha value is -0.0800. The summed E-state index contributed by atoms with van der Waals surface area (Å²) in [5.41, 5.74) is 0.387. The van der Waals surface area contributed by atoms with Gasteiger partial charge in [0.25, 0.3) is 0 Å². The number of nitrogens with one attached hydrogen (secondary N) is 1. The minimum atomic E-state index is 0.387. The Kier molecular flexibility index (Phi) is 8.89. The Morgan fingerprint density at radius 2 is 1.65 bits per heavy atom. The highest BCUT2D eigenvalue weighted by molar-refractivity contribution is 4.62. The van der Waals surface area contributed by atoms with Crippen molar-refractivity contribution in [1.82, 2.24) is 5.32 Å². The van der Waals surface area contributed by atoms with Gasteiger partial charge in [0, 0.05) is 19.2 Å². The molecule has 2 heteroatoms. The van der Waals surface area contributed by atoms with Gasteiger partial charge in [0.15, 0.2) is 0 Å². The largest absolute Gasteiger partial charge is 0.380 e. The summed E-state index contributed by atoms with van der Waals surface area (Å²) < 4.78 is 5.62. The predicted molar refractivity (Wildman–Crippen MR) is 76.4 cm³/mol. The minimum absolute atomic E-state index is 0.387. The Balaban J connectivity index is 3.28. The second kappa shape index (κ2) is 8.93. The maximum Gasteiger partial charge on any atom is 0.0591 e. The molecule has 0 aliphatic heterocycles. The van der Waals surface area contributed by atoms with Crippen LogP contribution in [0.2, 0.25) is 0 Å². The summed E-state index contributed by atoms with van der Waals surface area (Å²) in [6.45, 7) is 16.3. The third kappa shape index (κ3) is 13.9. The highest BCUT2D eigenvalue weighted by Crippen LogP contribution is 2.17. The van der Waals surface area contributed by atoms with Crippen LogP contribution in [0, 0.1) is 11.3 Å². The van der Waals surface area contributed by atoms with Crippen LogP contribution in [0.1, 0.15) is 60.8 Å². The molecule has 1 atom stereocenters. The Morgan fingerprint density at radius 1 is 1.00 bits per heavy atom. The molecule has 1 unspecified atom stereocenters. The average Bonchev–Trinajstić information content (AvgIpc) is 2.18. The smallest absolute Gasteiger partial charge is 0.0591 e. The zero-order valence-electron chi connectivity index (χ0n) is 12.8. The summed E-state index contributed by atoms with van der Waals surface area (Å²) in [6.07, 6.45) is 3.70. The van der Waals surface area contributed by atoms with E-state index in [2.05, 4.69) is 46.9 Å². The van der Waals surface area contributed by atoms with E-state index in [0.717, 1.165) is 32.1 Å². The highest BCUT2D eigenvalue weighted by atomic mass is 16.5. The van der Waals surface area contributed by atoms with Crippen LogP contribution in [0.5, 0.6) is 0 Å². The molecule has 0 amide bonds. The maximum absolute atomic E-state index is 5.62. The topological polar surface area (TPSA) is 21.3 Å². The van der Waals surface area contributed by atoms with Crippen molar-refractivity contribution < 1.29 is 4.74 Å². The lowest BCUT2D eigenvalue weighted by atomic mass is 9.93. The van der Waals surface area contributed by atoms with Gasteiger partial charge in [-0.3, -0.25) is 0 Å². The standard InChI is InChI=1S/C15H33NO/c1-13(2)7-8-14(3)16-10-12-17-11-9-15(4,5)6/h13-14,16H,7-12H2,1-6H3. The third-order valence-corrected chi connectivity index (χ3v) is 2.91. The first-order valence-electron chi connectivity index (χ1n) is 7.12. The summed E-state index contributed by atoms with van der Waals surface area (Å²) in [5.74, 6) is 0.808. The molecule has 104 valence electrons. The number of ether oxygens (including phenoxy) is 1. The Labute approximate surface area is 109 Å². The van der Waals surface area contributed by atoms with Gasteiger partial charge >= 0.3 is 0 Å². The first-order valence-corrected chi connectivity index (χ1v) is 7.12. The molecule has 0 aliphatic carbocycles. The quantitative estimate of drug-likeness (QED) is 0.621. The molecule has 0 aromatic rings. The van der Waals surface area contributed by atoms with Crippen LogP contribution in [-0.2, 0) is 4.74 Å². The van der Waals surface area contributed by atoms with Crippen molar-refractivity contribution in [1.29, 1.82) is 0 Å². The van der Waals surface area contributed by atoms with E-state index < -0.39 is 0 Å². The zero-order valence-corrected chi connectivity index (χ0v) is 12.8. The van der Waals surface area contributed by atoms with Gasteiger partial charge < -0.3 is 10.1 Å². The van der Waals surface area contributed by atoms with E-state index in [0.29, 0.717) is 11.5 Å². The molecule has 2 nitrogen and oxygen atoms in total. The molecule has 0 aromatic heterocycles. The van der Waals surface area contributed by atoms with Crippen LogP contribution in [0.3, 0.4) is 0 Å². The fourth-order valence-electron chi connectivity index (χ4n) is 1.54. The van der Waals surface area contributed by atoms with Gasteiger partial charge in [-0.25, -0.2) is 0 Å². The van der Waals surface area contributed by atoms with Crippen molar-refractivity contribution in [3.05, 3.63) is 0 Å². The van der Waals surface area contributed by atoms with Gasteiger partial charge in [-0.1, -0.05) is 34.6 Å². The van der Waals surface area contributed by atoms with E-state index in [-0.39, 0.29) is 0 Å². The van der Waals surface area contributed by atoms with E-state index in [1.807, 2.05) is 0 Å². The third-order valence-electron chi connectivity index (χ3n) is 2.91. The molecule has 0 aromatic carbocycles. The SMILES string of the molecule is CC(C)CCC(C)NCCOCCC(C)(C)C. The summed E-state index contributed by atoms with van der Waals surface area (Å²) in [6, 6.07) is 0.614. The zero-order chi connectivity index (χ0) is 13.3. The van der Waals surface area contributed by atoms with Crippen molar-refractivity contribution in [2.45, 2.75) is 66.8 Å². The molecule has 0 spiro atoms. The van der Waals surface area contributed by atoms with Crippen LogP contribution in [0.15, 0.2) is 0 Å². The summed E-state index contributed by atoms with van der Waals surface area (Å²) in [4.78, 5) is 0. The van der Waals surface area contributed by atoms with Crippen molar-refractivity contribution in [2.75, 3.05) is 19.8 Å². The summed E-state index contributed by atoms with van der Waals surface area (Å²) >= 11 is 0. The van der Waals surface area contributed by atoms with E-state index in [1.54, 1.807) is 0 Å². The van der Waals surface area contributed by atoms with Crippen LogP contribution in [-0.4, -0.2) is 25.8 Å². The molecule has 1 N–H and O–H groups in total. The molecule has 0 rings (SSSR count). The van der Waals surface area contributed by atoms with Gasteiger partial charge in [0.05, 0.1) is 6.61 Å². The monoisotopic (exact) mass is 243 g/mol. The lowest BCUT2D eigenvalue weighted by molar-refractivity contribution is 0.108. The van der Waals surface area contributed by atoms with Gasteiger partial charge in [-0.05, 0) is 37.5 Å². The van der Waals surface area contributed by atoms with Gasteiger partial charge in [0.2, 0.25) is 0 Å². The lowest BCUT2D eigenvalue weighted by Gasteiger charge is -2.18. The van der Waals surface area contributed by atoms with Crippen molar-refractivity contribution in [3.63, 3.8) is 0 Å². The molecular weight excluding hydrogens is 210 g/mol. The minimum Gasteiger partial charge on any atom is -0.380 e. The fourth-order valence-corrected chi connectivity index (χ4v) is 1.54. The summed E-state index contributed by atoms with van der Waals surface area (Å²) in [7, 11) is 0. The van der Waals surface area contributed by atoms with Crippen molar-refractivity contribution in [2.24, 2.45) is 11.3 Å². The molecule has 0 saturated heterocycles. The Bertz CT molecular complexity index is 172. The molecule has 0 fully saturated rings. The molecular formula is C15H33NO. The van der Waals surface area contributed by atoms with Crippen LogP contribution in [0.4, 0.5) is 0 Å². The molecule has 0 bridgehead atoms. The molecule has 0 radical (unpaired) electrons. The van der Waals surface area contributed by atoms with Crippen LogP contribution >= 0.6 is 0 Å². The van der Waals surface area contributed by atoms with E-state index in [4.69, 9.17) is 4.74 Å². The van der Waals surface area contributed by atoms with Gasteiger partial charge in [0.1, 0.15) is 0 Å². The molecule has 0 heterocycles. The highest BCUT2D eigenvalue weighted by Gasteiger charge is 2.09. The van der Waals surface area contributed by atoms with E-state index in [9.17, 15) is 0 Å². The number of hydrogen-bond donors (Lipinski definition) is 1. The number of hydrogen-bond acceptors (Lipinski definition) is 2. The second-order valence-electron chi connectivity index (χ2n) is 6.75. The predicted octanol–water partition coefficient (Wildman–Crippen LogP) is 3.85. The first-order chi connectivity index (χ1) is 7.81. The van der Waals surface area contributed by atoms with Gasteiger partial charge in [-0.2, -0.15) is 0 Å². The lowest BCUT2D eigenvalue weighted by Crippen LogP contribution is -2.30. The van der Waals surface area contributed by atoms with Crippen molar-refractivity contribution in [3.8, 4) is 0 Å². The van der Waals surface area contributed by atoms with E-state index >= 15 is 0 Å². The molecule has 17 heavy (non-hydrogen) atoms. The molecule has 0 saturated carbocycles. The first kappa shape index (κ1) is 16.9. The second-order valence-corrected chi connectivity index (χ2v) is 6.75. The maximum atomic E-state index is 5.62. The Morgan fingerprint density at radius 3 is 2.18 bits per heavy atom. The van der Waals surface area contributed by atoms with Crippen LogP contribution < -0.4 is 5.32 Å². The normalized spacial score (nSPS) is 14.3.